The zero-order valence-electron chi connectivity index (χ0n) is 19.3. The summed E-state index contributed by atoms with van der Waals surface area (Å²) in [5, 5.41) is 4.69. The molecule has 2 aromatic carbocycles. The summed E-state index contributed by atoms with van der Waals surface area (Å²) in [6, 6.07) is 17.2. The van der Waals surface area contributed by atoms with E-state index in [-0.39, 0.29) is 5.91 Å². The first-order valence-corrected chi connectivity index (χ1v) is 12.7. The lowest BCUT2D eigenvalue weighted by atomic mass is 9.83. The van der Waals surface area contributed by atoms with E-state index in [4.69, 9.17) is 0 Å². The Bertz CT molecular complexity index is 1120. The van der Waals surface area contributed by atoms with Crippen molar-refractivity contribution in [3.63, 3.8) is 0 Å². The van der Waals surface area contributed by atoms with Crippen molar-refractivity contribution in [3.05, 3.63) is 65.9 Å². The van der Waals surface area contributed by atoms with E-state index in [9.17, 15) is 4.79 Å². The maximum Gasteiger partial charge on any atom is 0.251 e. The van der Waals surface area contributed by atoms with Gasteiger partial charge < -0.3 is 15.2 Å². The minimum atomic E-state index is 0.0747. The Hall–Kier alpha value is -2.79. The fourth-order valence-electron chi connectivity index (χ4n) is 6.32. The summed E-state index contributed by atoms with van der Waals surface area (Å²) in [6.07, 6.45) is 9.35. The van der Waals surface area contributed by atoms with Crippen molar-refractivity contribution >= 4 is 22.5 Å². The quantitative estimate of drug-likeness (QED) is 0.608. The number of nitrogens with one attached hydrogen (secondary N) is 2. The molecule has 1 aromatic heterocycles. The molecule has 1 amide bonds. The van der Waals surface area contributed by atoms with Gasteiger partial charge in [0.15, 0.2) is 0 Å². The van der Waals surface area contributed by atoms with Crippen LogP contribution in [0, 0.1) is 5.92 Å². The van der Waals surface area contributed by atoms with Crippen molar-refractivity contribution < 1.29 is 4.79 Å². The Morgan fingerprint density at radius 3 is 2.70 bits per heavy atom. The van der Waals surface area contributed by atoms with Crippen LogP contribution >= 0.6 is 0 Å². The van der Waals surface area contributed by atoms with Crippen LogP contribution < -0.4 is 10.2 Å². The number of amides is 1. The van der Waals surface area contributed by atoms with Crippen molar-refractivity contribution in [2.75, 3.05) is 31.1 Å². The highest BCUT2D eigenvalue weighted by Gasteiger charge is 2.33. The highest BCUT2D eigenvalue weighted by atomic mass is 16.1. The fourth-order valence-corrected chi connectivity index (χ4v) is 6.32. The van der Waals surface area contributed by atoms with Gasteiger partial charge in [-0.3, -0.25) is 9.69 Å². The maximum atomic E-state index is 12.4. The minimum absolute atomic E-state index is 0.0747. The maximum absolute atomic E-state index is 12.4. The Labute approximate surface area is 196 Å². The van der Waals surface area contributed by atoms with Gasteiger partial charge in [-0.1, -0.05) is 24.3 Å². The van der Waals surface area contributed by atoms with E-state index >= 15 is 0 Å². The summed E-state index contributed by atoms with van der Waals surface area (Å²) in [5.74, 6) is 0.870. The van der Waals surface area contributed by atoms with Crippen LogP contribution in [0.4, 0.5) is 5.69 Å². The molecule has 3 aromatic rings. The smallest absolute Gasteiger partial charge is 0.251 e. The van der Waals surface area contributed by atoms with Crippen LogP contribution in [0.2, 0.25) is 0 Å². The number of rotatable bonds is 5. The number of hydrogen-bond donors (Lipinski definition) is 2. The van der Waals surface area contributed by atoms with Crippen molar-refractivity contribution in [1.82, 2.24) is 15.2 Å². The third-order valence-electron chi connectivity index (χ3n) is 8.17. The largest absolute Gasteiger partial charge is 0.365 e. The highest BCUT2D eigenvalue weighted by molar-refractivity contribution is 5.97. The number of fused-ring (bicyclic) bond motifs is 2. The number of hydrogen-bond acceptors (Lipinski definition) is 3. The van der Waals surface area contributed by atoms with Gasteiger partial charge in [0.05, 0.1) is 0 Å². The standard InChI is InChI=1S/C28H34N4O/c33-28(21-5-2-1-3-6-21)30-23-11-9-20(10-12-23)13-14-31-15-16-32-24(19-31)17-22-18-29-25-7-4-8-26(32)27(22)25/h1-8,18,20,23-24,29H,9-17,19H2,(H,30,33)/t20-,23-,24?. The summed E-state index contributed by atoms with van der Waals surface area (Å²) in [6.45, 7) is 4.67. The summed E-state index contributed by atoms with van der Waals surface area (Å²) in [4.78, 5) is 21.3. The molecule has 6 rings (SSSR count). The first kappa shape index (κ1) is 20.8. The lowest BCUT2D eigenvalue weighted by Crippen LogP contribution is -2.55. The molecule has 1 saturated heterocycles. The Morgan fingerprint density at radius 1 is 1.00 bits per heavy atom. The van der Waals surface area contributed by atoms with Gasteiger partial charge in [-0.2, -0.15) is 0 Å². The normalized spacial score (nSPS) is 25.1. The van der Waals surface area contributed by atoms with Gasteiger partial charge in [0.1, 0.15) is 0 Å². The molecule has 33 heavy (non-hydrogen) atoms. The second-order valence-corrected chi connectivity index (χ2v) is 10.2. The fraction of sp³-hybridized carbons (Fsp3) is 0.464. The molecule has 172 valence electrons. The summed E-state index contributed by atoms with van der Waals surface area (Å²) in [5.41, 5.74) is 4.96. The van der Waals surface area contributed by atoms with Gasteiger partial charge in [-0.25, -0.2) is 0 Å². The third kappa shape index (κ3) is 4.15. The lowest BCUT2D eigenvalue weighted by molar-refractivity contribution is 0.0919. The number of aromatic nitrogens is 1. The SMILES string of the molecule is O=C(N[C@H]1CC[C@H](CCN2CCN3c4cccc5[nH]cc(c45)CC3C2)CC1)c1ccccc1. The van der Waals surface area contributed by atoms with E-state index in [0.29, 0.717) is 12.1 Å². The lowest BCUT2D eigenvalue weighted by Gasteiger charge is -2.45. The summed E-state index contributed by atoms with van der Waals surface area (Å²) < 4.78 is 0. The van der Waals surface area contributed by atoms with Crippen LogP contribution in [-0.4, -0.2) is 54.1 Å². The number of aromatic amines is 1. The topological polar surface area (TPSA) is 51.4 Å². The second kappa shape index (κ2) is 8.86. The average molecular weight is 443 g/mol. The van der Waals surface area contributed by atoms with Crippen LogP contribution in [0.1, 0.15) is 48.0 Å². The molecule has 1 atom stereocenters. The highest BCUT2D eigenvalue weighted by Crippen LogP contribution is 2.38. The van der Waals surface area contributed by atoms with Gasteiger partial charge in [-0.05, 0) is 80.8 Å². The molecule has 2 N–H and O–H groups in total. The molecule has 1 aliphatic carbocycles. The summed E-state index contributed by atoms with van der Waals surface area (Å²) in [7, 11) is 0. The third-order valence-corrected chi connectivity index (χ3v) is 8.17. The van der Waals surface area contributed by atoms with Gasteiger partial charge in [0.25, 0.3) is 5.91 Å². The Morgan fingerprint density at radius 2 is 1.85 bits per heavy atom. The van der Waals surface area contributed by atoms with Crippen LogP contribution in [0.25, 0.3) is 10.9 Å². The monoisotopic (exact) mass is 442 g/mol. The van der Waals surface area contributed by atoms with Crippen molar-refractivity contribution in [3.8, 4) is 0 Å². The molecule has 1 saturated carbocycles. The minimum Gasteiger partial charge on any atom is -0.365 e. The van der Waals surface area contributed by atoms with Crippen LogP contribution in [-0.2, 0) is 6.42 Å². The average Bonchev–Trinajstić information content (AvgIpc) is 3.28. The number of piperazine rings is 1. The molecule has 2 aliphatic heterocycles. The molecule has 2 fully saturated rings. The number of nitrogens with zero attached hydrogens (tertiary/aromatic N) is 2. The Kier molecular flexibility index (Phi) is 5.58. The van der Waals surface area contributed by atoms with Crippen LogP contribution in [0.5, 0.6) is 0 Å². The van der Waals surface area contributed by atoms with Gasteiger partial charge >= 0.3 is 0 Å². The molecule has 0 spiro atoms. The molecule has 3 aliphatic rings. The number of carbonyl (C=O) groups excluding carboxylic acids is 1. The van der Waals surface area contributed by atoms with Gasteiger partial charge in [0.2, 0.25) is 0 Å². The zero-order chi connectivity index (χ0) is 22.2. The molecular weight excluding hydrogens is 408 g/mol. The Balaban J connectivity index is 0.979. The van der Waals surface area contributed by atoms with E-state index in [0.717, 1.165) is 43.8 Å². The molecular formula is C28H34N4O. The number of benzene rings is 2. The van der Waals surface area contributed by atoms with E-state index in [2.05, 4.69) is 44.5 Å². The molecule has 3 heterocycles. The van der Waals surface area contributed by atoms with Gasteiger partial charge in [0, 0.05) is 60.1 Å². The molecule has 0 bridgehead atoms. The predicted molar refractivity (Wildman–Crippen MR) is 134 cm³/mol. The summed E-state index contributed by atoms with van der Waals surface area (Å²) >= 11 is 0. The van der Waals surface area contributed by atoms with Crippen LogP contribution in [0.3, 0.4) is 0 Å². The molecule has 0 radical (unpaired) electrons. The van der Waals surface area contributed by atoms with E-state index in [1.54, 1.807) is 0 Å². The number of H-pyrrole nitrogens is 1. The van der Waals surface area contributed by atoms with Crippen molar-refractivity contribution in [1.29, 1.82) is 0 Å². The molecule has 5 nitrogen and oxygen atoms in total. The zero-order valence-corrected chi connectivity index (χ0v) is 19.3. The van der Waals surface area contributed by atoms with E-state index in [1.807, 2.05) is 30.3 Å². The number of anilines is 1. The van der Waals surface area contributed by atoms with Crippen molar-refractivity contribution in [2.45, 2.75) is 50.6 Å². The molecule has 5 heteroatoms. The molecule has 1 unspecified atom stereocenters. The first-order chi connectivity index (χ1) is 16.2. The predicted octanol–water partition coefficient (Wildman–Crippen LogP) is 4.59. The van der Waals surface area contributed by atoms with Crippen LogP contribution in [0.15, 0.2) is 54.7 Å². The van der Waals surface area contributed by atoms with E-state index < -0.39 is 0 Å². The van der Waals surface area contributed by atoms with E-state index in [1.165, 1.54) is 54.5 Å². The number of carbonyl (C=O) groups is 1. The van der Waals surface area contributed by atoms with Crippen molar-refractivity contribution in [2.24, 2.45) is 5.92 Å². The second-order valence-electron chi connectivity index (χ2n) is 10.2. The van der Waals surface area contributed by atoms with Gasteiger partial charge in [-0.15, -0.1) is 0 Å². The first-order valence-electron chi connectivity index (χ1n) is 12.7.